The zero-order valence-electron chi connectivity index (χ0n) is 13.6. The first-order valence-corrected chi connectivity index (χ1v) is 8.62. The molecule has 1 saturated heterocycles. The molecule has 0 radical (unpaired) electrons. The Morgan fingerprint density at radius 2 is 2.08 bits per heavy atom. The van der Waals surface area contributed by atoms with Gasteiger partial charge in [-0.1, -0.05) is 12.1 Å². The second-order valence-corrected chi connectivity index (χ2v) is 6.74. The summed E-state index contributed by atoms with van der Waals surface area (Å²) in [5.74, 6) is 0.936. The van der Waals surface area contributed by atoms with Gasteiger partial charge in [-0.05, 0) is 31.4 Å². The van der Waals surface area contributed by atoms with Crippen LogP contribution in [0.4, 0.5) is 5.69 Å². The maximum absolute atomic E-state index is 12.9. The molecule has 1 aromatic carbocycles. The van der Waals surface area contributed by atoms with Gasteiger partial charge in [0.2, 0.25) is 5.91 Å². The van der Waals surface area contributed by atoms with E-state index in [1.165, 1.54) is 0 Å². The minimum absolute atomic E-state index is 0.00974. The Bertz CT molecular complexity index is 638. The van der Waals surface area contributed by atoms with Gasteiger partial charge in [-0.25, -0.2) is 0 Å². The van der Waals surface area contributed by atoms with E-state index in [1.54, 1.807) is 4.90 Å². The zero-order chi connectivity index (χ0) is 16.5. The Hall–Kier alpha value is -2.08. The number of hydrogen-bond donors (Lipinski definition) is 0. The molecule has 0 spiro atoms. The molecule has 2 heterocycles. The van der Waals surface area contributed by atoms with Gasteiger partial charge in [0.15, 0.2) is 6.61 Å². The van der Waals surface area contributed by atoms with Crippen LogP contribution in [0.1, 0.15) is 19.3 Å². The number of rotatable bonds is 5. The monoisotopic (exact) mass is 330 g/mol. The molecule has 2 aliphatic heterocycles. The van der Waals surface area contributed by atoms with Crippen molar-refractivity contribution in [2.75, 3.05) is 37.8 Å². The van der Waals surface area contributed by atoms with E-state index in [0.717, 1.165) is 39.0 Å². The van der Waals surface area contributed by atoms with Gasteiger partial charge in [-0.2, -0.15) is 0 Å². The molecule has 128 valence electrons. The highest BCUT2D eigenvalue weighted by Gasteiger charge is 2.37. The first kappa shape index (κ1) is 15.4. The lowest BCUT2D eigenvalue weighted by Gasteiger charge is -2.32. The Morgan fingerprint density at radius 3 is 2.83 bits per heavy atom. The molecule has 2 amide bonds. The van der Waals surface area contributed by atoms with Crippen LogP contribution in [0, 0.1) is 5.92 Å². The second-order valence-electron chi connectivity index (χ2n) is 6.74. The number of fused-ring (bicyclic) bond motifs is 1. The van der Waals surface area contributed by atoms with Crippen molar-refractivity contribution < 1.29 is 19.1 Å². The minimum atomic E-state index is -0.165. The molecular weight excluding hydrogens is 308 g/mol. The predicted molar refractivity (Wildman–Crippen MR) is 88.0 cm³/mol. The van der Waals surface area contributed by atoms with Crippen LogP contribution in [0.5, 0.6) is 5.75 Å². The van der Waals surface area contributed by atoms with E-state index in [4.69, 9.17) is 9.47 Å². The molecule has 24 heavy (non-hydrogen) atoms. The van der Waals surface area contributed by atoms with Crippen LogP contribution < -0.4 is 9.64 Å². The van der Waals surface area contributed by atoms with E-state index < -0.39 is 0 Å². The molecule has 4 rings (SSSR count). The minimum Gasteiger partial charge on any atom is -0.482 e. The Balaban J connectivity index is 1.48. The zero-order valence-corrected chi connectivity index (χ0v) is 13.6. The maximum atomic E-state index is 12.9. The molecule has 0 aromatic heterocycles. The van der Waals surface area contributed by atoms with E-state index in [0.29, 0.717) is 23.4 Å². The number of nitrogens with zero attached hydrogens (tertiary/aromatic N) is 2. The lowest BCUT2D eigenvalue weighted by Crippen LogP contribution is -2.48. The number of carbonyl (C=O) groups is 2. The molecule has 3 aliphatic rings. The number of amides is 2. The van der Waals surface area contributed by atoms with Crippen LogP contribution >= 0.6 is 0 Å². The van der Waals surface area contributed by atoms with Gasteiger partial charge in [0.1, 0.15) is 12.3 Å². The molecule has 1 aliphatic carbocycles. The summed E-state index contributed by atoms with van der Waals surface area (Å²) in [6.45, 7) is 2.33. The van der Waals surface area contributed by atoms with Crippen molar-refractivity contribution in [3.8, 4) is 5.75 Å². The largest absolute Gasteiger partial charge is 0.482 e. The quantitative estimate of drug-likeness (QED) is 0.820. The third-order valence-electron chi connectivity index (χ3n) is 4.89. The van der Waals surface area contributed by atoms with Crippen molar-refractivity contribution in [1.82, 2.24) is 4.90 Å². The first-order valence-electron chi connectivity index (χ1n) is 8.62. The van der Waals surface area contributed by atoms with Crippen LogP contribution in [0.3, 0.4) is 0 Å². The topological polar surface area (TPSA) is 59.1 Å². The molecule has 0 bridgehead atoms. The van der Waals surface area contributed by atoms with E-state index in [-0.39, 0.29) is 25.0 Å². The summed E-state index contributed by atoms with van der Waals surface area (Å²) < 4.78 is 10.9. The first-order chi connectivity index (χ1) is 11.7. The summed E-state index contributed by atoms with van der Waals surface area (Å²) >= 11 is 0. The van der Waals surface area contributed by atoms with Crippen molar-refractivity contribution in [1.29, 1.82) is 0 Å². The molecule has 2 fully saturated rings. The number of para-hydroxylation sites is 2. The van der Waals surface area contributed by atoms with Crippen molar-refractivity contribution >= 4 is 17.5 Å². The fourth-order valence-corrected chi connectivity index (χ4v) is 3.40. The Labute approximate surface area is 141 Å². The van der Waals surface area contributed by atoms with Gasteiger partial charge in [-0.15, -0.1) is 0 Å². The summed E-state index contributed by atoms with van der Waals surface area (Å²) in [6.07, 6.45) is 3.13. The lowest BCUT2D eigenvalue weighted by atomic mass is 10.1. The molecule has 1 atom stereocenters. The number of hydrogen-bond acceptors (Lipinski definition) is 4. The van der Waals surface area contributed by atoms with Gasteiger partial charge < -0.3 is 14.4 Å². The molecule has 6 heteroatoms. The molecule has 1 aromatic rings. The number of anilines is 1. The third kappa shape index (κ3) is 3.11. The summed E-state index contributed by atoms with van der Waals surface area (Å²) in [4.78, 5) is 28.7. The third-order valence-corrected chi connectivity index (χ3v) is 4.89. The van der Waals surface area contributed by atoms with Crippen LogP contribution in [-0.4, -0.2) is 55.7 Å². The predicted octanol–water partition coefficient (Wildman–Crippen LogP) is 1.44. The van der Waals surface area contributed by atoms with Crippen molar-refractivity contribution in [2.24, 2.45) is 5.92 Å². The van der Waals surface area contributed by atoms with Gasteiger partial charge in [0, 0.05) is 25.1 Å². The van der Waals surface area contributed by atoms with E-state index in [2.05, 4.69) is 0 Å². The molecule has 0 unspecified atom stereocenters. The molecular formula is C18H22N2O4. The van der Waals surface area contributed by atoms with Crippen LogP contribution in [0.2, 0.25) is 0 Å². The number of ether oxygens (including phenoxy) is 2. The number of carbonyl (C=O) groups excluding carboxylic acids is 2. The van der Waals surface area contributed by atoms with Crippen molar-refractivity contribution in [2.45, 2.75) is 25.3 Å². The molecule has 0 N–H and O–H groups in total. The SMILES string of the molecule is O=C1COc2ccccc2N1CC(=O)N(C[C@@H]1CCOC1)C1CC1. The van der Waals surface area contributed by atoms with Gasteiger partial charge in [-0.3, -0.25) is 14.5 Å². The maximum Gasteiger partial charge on any atom is 0.265 e. The van der Waals surface area contributed by atoms with Crippen LogP contribution in [0.25, 0.3) is 0 Å². The Morgan fingerprint density at radius 1 is 1.25 bits per heavy atom. The van der Waals surface area contributed by atoms with E-state index in [9.17, 15) is 9.59 Å². The van der Waals surface area contributed by atoms with Gasteiger partial charge >= 0.3 is 0 Å². The fourth-order valence-electron chi connectivity index (χ4n) is 3.40. The Kier molecular flexibility index (Phi) is 4.14. The lowest BCUT2D eigenvalue weighted by molar-refractivity contribution is -0.133. The van der Waals surface area contributed by atoms with Crippen molar-refractivity contribution in [3.05, 3.63) is 24.3 Å². The standard InChI is InChI=1S/C18H22N2O4/c21-17(19(14-5-6-14)9-13-7-8-23-11-13)10-20-15-3-1-2-4-16(15)24-12-18(20)22/h1-4,13-14H,5-12H2/t13-/m0/s1. The summed E-state index contributed by atoms with van der Waals surface area (Å²) in [5.41, 5.74) is 0.682. The average Bonchev–Trinajstić information content (AvgIpc) is 3.31. The summed E-state index contributed by atoms with van der Waals surface area (Å²) in [5, 5.41) is 0. The summed E-state index contributed by atoms with van der Waals surface area (Å²) in [7, 11) is 0. The van der Waals surface area contributed by atoms with Gasteiger partial charge in [0.05, 0.1) is 12.3 Å². The highest BCUT2D eigenvalue weighted by atomic mass is 16.5. The normalized spacial score (nSPS) is 22.9. The smallest absolute Gasteiger partial charge is 0.265 e. The van der Waals surface area contributed by atoms with E-state index >= 15 is 0 Å². The summed E-state index contributed by atoms with van der Waals surface area (Å²) in [6, 6.07) is 7.71. The van der Waals surface area contributed by atoms with E-state index in [1.807, 2.05) is 29.2 Å². The highest BCUT2D eigenvalue weighted by Crippen LogP contribution is 2.33. The van der Waals surface area contributed by atoms with Crippen molar-refractivity contribution in [3.63, 3.8) is 0 Å². The molecule has 6 nitrogen and oxygen atoms in total. The number of benzene rings is 1. The highest BCUT2D eigenvalue weighted by molar-refractivity contribution is 6.02. The van der Waals surface area contributed by atoms with Gasteiger partial charge in [0.25, 0.3) is 5.91 Å². The second kappa shape index (κ2) is 6.43. The van der Waals surface area contributed by atoms with Crippen LogP contribution in [0.15, 0.2) is 24.3 Å². The molecule has 1 saturated carbocycles. The average molecular weight is 330 g/mol. The fraction of sp³-hybridized carbons (Fsp3) is 0.556. The van der Waals surface area contributed by atoms with Crippen LogP contribution in [-0.2, 0) is 14.3 Å².